The van der Waals surface area contributed by atoms with Crippen molar-refractivity contribution in [1.29, 1.82) is 0 Å². The molecule has 0 bridgehead atoms. The minimum atomic E-state index is -0.759. The first kappa shape index (κ1) is 14.2. The summed E-state index contributed by atoms with van der Waals surface area (Å²) < 4.78 is 9.99. The van der Waals surface area contributed by atoms with Gasteiger partial charge >= 0.3 is 11.9 Å². The van der Waals surface area contributed by atoms with Crippen molar-refractivity contribution in [2.24, 2.45) is 0 Å². The van der Waals surface area contributed by atoms with Crippen LogP contribution in [0.1, 0.15) is 32.8 Å². The molecule has 98 valence electrons. The van der Waals surface area contributed by atoms with E-state index in [9.17, 15) is 9.59 Å². The number of hydrogen-bond acceptors (Lipinski definition) is 4. The summed E-state index contributed by atoms with van der Waals surface area (Å²) in [5.41, 5.74) is 0.118. The third kappa shape index (κ3) is 4.20. The maximum absolute atomic E-state index is 11.6. The number of carbonyl (C=O) groups is 2. The fourth-order valence-electron chi connectivity index (χ4n) is 1.55. The number of ether oxygens (including phenoxy) is 2. The highest BCUT2D eigenvalue weighted by molar-refractivity contribution is 5.91. The lowest BCUT2D eigenvalue weighted by Crippen LogP contribution is -2.27. The Morgan fingerprint density at radius 2 is 1.72 bits per heavy atom. The Morgan fingerprint density at radius 1 is 1.11 bits per heavy atom. The van der Waals surface area contributed by atoms with Crippen molar-refractivity contribution in [1.82, 2.24) is 0 Å². The van der Waals surface area contributed by atoms with Gasteiger partial charge in [-0.3, -0.25) is 9.59 Å². The second-order valence-corrected chi connectivity index (χ2v) is 4.33. The topological polar surface area (TPSA) is 52.6 Å². The monoisotopic (exact) mass is 250 g/mol. The van der Waals surface area contributed by atoms with Crippen molar-refractivity contribution in [3.63, 3.8) is 0 Å². The molecule has 0 amide bonds. The lowest BCUT2D eigenvalue weighted by atomic mass is 9.98. The number of hydrogen-bond donors (Lipinski definition) is 0. The maximum atomic E-state index is 11.6. The second-order valence-electron chi connectivity index (χ2n) is 4.33. The molecular formula is C14H18O4. The number of carbonyl (C=O) groups excluding carboxylic acids is 2. The van der Waals surface area contributed by atoms with Gasteiger partial charge in [0, 0.05) is 0 Å². The molecule has 0 saturated carbocycles. The Hall–Kier alpha value is -1.84. The Kier molecular flexibility index (Phi) is 4.89. The molecule has 0 unspecified atom stereocenters. The van der Waals surface area contributed by atoms with Gasteiger partial charge in [-0.2, -0.15) is 0 Å². The van der Waals surface area contributed by atoms with Crippen LogP contribution in [0.25, 0.3) is 0 Å². The van der Waals surface area contributed by atoms with Gasteiger partial charge in [0.15, 0.2) is 0 Å². The van der Waals surface area contributed by atoms with E-state index in [4.69, 9.17) is 9.47 Å². The van der Waals surface area contributed by atoms with E-state index in [0.717, 1.165) is 5.56 Å². The molecular weight excluding hydrogens is 232 g/mol. The van der Waals surface area contributed by atoms with Crippen LogP contribution >= 0.6 is 0 Å². The predicted molar refractivity (Wildman–Crippen MR) is 66.8 cm³/mol. The normalized spacial score (nSPS) is 10.8. The highest BCUT2D eigenvalue weighted by Crippen LogP contribution is 2.24. The summed E-state index contributed by atoms with van der Waals surface area (Å²) in [5, 5.41) is 0. The lowest BCUT2D eigenvalue weighted by Gasteiger charge is -2.25. The summed E-state index contributed by atoms with van der Waals surface area (Å²) in [6, 6.07) is 9.38. The molecule has 0 radical (unpaired) electrons. The van der Waals surface area contributed by atoms with Gasteiger partial charge in [-0.1, -0.05) is 30.3 Å². The molecule has 1 aromatic rings. The van der Waals surface area contributed by atoms with Gasteiger partial charge < -0.3 is 9.47 Å². The zero-order valence-corrected chi connectivity index (χ0v) is 10.9. The van der Waals surface area contributed by atoms with E-state index in [0.29, 0.717) is 0 Å². The van der Waals surface area contributed by atoms with Gasteiger partial charge in [-0.15, -0.1) is 0 Å². The second kappa shape index (κ2) is 6.19. The molecule has 0 aliphatic rings. The van der Waals surface area contributed by atoms with Crippen LogP contribution in [0.4, 0.5) is 0 Å². The summed E-state index contributed by atoms with van der Waals surface area (Å²) in [6.07, 6.45) is -0.357. The van der Waals surface area contributed by atoms with Gasteiger partial charge in [0.2, 0.25) is 0 Å². The van der Waals surface area contributed by atoms with Crippen molar-refractivity contribution in [2.45, 2.75) is 32.8 Å². The summed E-state index contributed by atoms with van der Waals surface area (Å²) in [7, 11) is 0. The molecule has 0 fully saturated rings. The Morgan fingerprint density at radius 3 is 2.28 bits per heavy atom. The van der Waals surface area contributed by atoms with Gasteiger partial charge in [-0.25, -0.2) is 0 Å². The molecule has 0 aromatic heterocycles. The summed E-state index contributed by atoms with van der Waals surface area (Å²) >= 11 is 0. The molecule has 1 rings (SSSR count). The summed E-state index contributed by atoms with van der Waals surface area (Å²) in [4.78, 5) is 22.7. The average Bonchev–Trinajstić information content (AvgIpc) is 2.29. The van der Waals surface area contributed by atoms with Crippen LogP contribution in [-0.2, 0) is 24.7 Å². The minimum absolute atomic E-state index is 0.258. The van der Waals surface area contributed by atoms with Crippen molar-refractivity contribution < 1.29 is 19.1 Å². The van der Waals surface area contributed by atoms with Gasteiger partial charge in [-0.05, 0) is 26.3 Å². The molecule has 0 aliphatic heterocycles. The average molecular weight is 250 g/mol. The van der Waals surface area contributed by atoms with Crippen LogP contribution in [0, 0.1) is 0 Å². The first-order valence-corrected chi connectivity index (χ1v) is 5.88. The van der Waals surface area contributed by atoms with Crippen molar-refractivity contribution >= 4 is 11.9 Å². The zero-order valence-electron chi connectivity index (χ0n) is 10.9. The number of esters is 2. The molecule has 18 heavy (non-hydrogen) atoms. The van der Waals surface area contributed by atoms with Gasteiger partial charge in [0.1, 0.15) is 12.0 Å². The van der Waals surface area contributed by atoms with E-state index in [2.05, 4.69) is 0 Å². The van der Waals surface area contributed by atoms with Crippen LogP contribution in [0.2, 0.25) is 0 Å². The van der Waals surface area contributed by atoms with Crippen LogP contribution in [-0.4, -0.2) is 18.5 Å². The highest BCUT2D eigenvalue weighted by Gasteiger charge is 2.26. The Bertz CT molecular complexity index is 409. The van der Waals surface area contributed by atoms with Crippen LogP contribution in [0.5, 0.6) is 0 Å². The Balaban J connectivity index is 2.61. The largest absolute Gasteiger partial charge is 0.466 e. The van der Waals surface area contributed by atoms with E-state index in [1.165, 1.54) is 0 Å². The molecule has 0 spiro atoms. The first-order chi connectivity index (χ1) is 8.45. The maximum Gasteiger partial charge on any atom is 0.318 e. The molecule has 4 heteroatoms. The van der Waals surface area contributed by atoms with Gasteiger partial charge in [0.05, 0.1) is 6.61 Å². The molecule has 1 aromatic carbocycles. The summed E-state index contributed by atoms with van der Waals surface area (Å²) in [6.45, 7) is 5.52. The number of benzene rings is 1. The van der Waals surface area contributed by atoms with Crippen molar-refractivity contribution in [2.75, 3.05) is 6.61 Å². The van der Waals surface area contributed by atoms with Crippen LogP contribution in [0.15, 0.2) is 30.3 Å². The quantitative estimate of drug-likeness (QED) is 0.595. The number of rotatable bonds is 5. The zero-order chi connectivity index (χ0) is 13.6. The lowest BCUT2D eigenvalue weighted by molar-refractivity contribution is -0.163. The van der Waals surface area contributed by atoms with E-state index < -0.39 is 17.5 Å². The molecule has 4 nitrogen and oxygen atoms in total. The first-order valence-electron chi connectivity index (χ1n) is 5.88. The van der Waals surface area contributed by atoms with Crippen molar-refractivity contribution in [3.05, 3.63) is 35.9 Å². The molecule has 0 N–H and O–H groups in total. The molecule has 0 saturated heterocycles. The molecule has 0 atom stereocenters. The third-order valence-corrected chi connectivity index (χ3v) is 2.43. The molecule has 0 aliphatic carbocycles. The Labute approximate surface area is 107 Å². The summed E-state index contributed by atoms with van der Waals surface area (Å²) in [5.74, 6) is -1.14. The van der Waals surface area contributed by atoms with Crippen LogP contribution < -0.4 is 0 Å². The minimum Gasteiger partial charge on any atom is -0.466 e. The van der Waals surface area contributed by atoms with E-state index in [1.54, 1.807) is 20.8 Å². The van der Waals surface area contributed by atoms with E-state index >= 15 is 0 Å². The van der Waals surface area contributed by atoms with E-state index in [1.807, 2.05) is 30.3 Å². The highest BCUT2D eigenvalue weighted by atomic mass is 16.6. The predicted octanol–water partition coefficient (Wildman–Crippen LogP) is 2.42. The fraction of sp³-hybridized carbons (Fsp3) is 0.429. The SMILES string of the molecule is CCOC(=O)CC(=O)OC(C)(C)c1ccccc1. The fourth-order valence-corrected chi connectivity index (χ4v) is 1.55. The smallest absolute Gasteiger partial charge is 0.318 e. The standard InChI is InChI=1S/C14H18O4/c1-4-17-12(15)10-13(16)18-14(2,3)11-8-6-5-7-9-11/h5-9H,4,10H2,1-3H3. The van der Waals surface area contributed by atoms with Crippen LogP contribution in [0.3, 0.4) is 0 Å². The van der Waals surface area contributed by atoms with Gasteiger partial charge in [0.25, 0.3) is 0 Å². The molecule has 0 heterocycles. The third-order valence-electron chi connectivity index (χ3n) is 2.43. The van der Waals surface area contributed by atoms with Crippen molar-refractivity contribution in [3.8, 4) is 0 Å². The van der Waals surface area contributed by atoms with E-state index in [-0.39, 0.29) is 13.0 Å².